The predicted octanol–water partition coefficient (Wildman–Crippen LogP) is 2.85. The van der Waals surface area contributed by atoms with Gasteiger partial charge in [-0.2, -0.15) is 0 Å². The lowest BCUT2D eigenvalue weighted by molar-refractivity contribution is 0.0760. The van der Waals surface area contributed by atoms with Gasteiger partial charge in [0, 0.05) is 63.8 Å². The number of carbonyl (C=O) groups excluding carboxylic acids is 1. The number of thiazole rings is 1. The molecule has 4 rings (SSSR count). The third kappa shape index (κ3) is 4.09. The van der Waals surface area contributed by atoms with Crippen LogP contribution in [-0.4, -0.2) is 63.4 Å². The number of methoxy groups -OCH3 is 1. The summed E-state index contributed by atoms with van der Waals surface area (Å²) >= 11 is 1.65. The number of nitrogens with zero attached hydrogens (tertiary/aromatic N) is 5. The van der Waals surface area contributed by atoms with Gasteiger partial charge in [0.2, 0.25) is 0 Å². The van der Waals surface area contributed by atoms with Crippen LogP contribution in [0, 0.1) is 0 Å². The molecule has 0 saturated carbocycles. The minimum absolute atomic E-state index is 0.0313. The number of ether oxygens (including phenoxy) is 1. The van der Waals surface area contributed by atoms with Gasteiger partial charge in [0.15, 0.2) is 0 Å². The van der Waals surface area contributed by atoms with Crippen LogP contribution in [0.1, 0.15) is 40.5 Å². The van der Waals surface area contributed by atoms with Crippen molar-refractivity contribution in [2.75, 3.05) is 33.3 Å². The van der Waals surface area contributed by atoms with Gasteiger partial charge in [-0.05, 0) is 25.5 Å². The van der Waals surface area contributed by atoms with Gasteiger partial charge in [-0.3, -0.25) is 9.69 Å². The molecule has 3 aromatic heterocycles. The molecule has 0 aromatic carbocycles. The Labute approximate surface area is 168 Å². The van der Waals surface area contributed by atoms with E-state index in [1.807, 2.05) is 40.8 Å². The molecule has 7 nitrogen and oxygen atoms in total. The molecule has 0 bridgehead atoms. The zero-order chi connectivity index (χ0) is 19.5. The number of imidazole rings is 1. The molecule has 1 fully saturated rings. The van der Waals surface area contributed by atoms with Gasteiger partial charge in [-0.25, -0.2) is 9.97 Å². The van der Waals surface area contributed by atoms with E-state index in [4.69, 9.17) is 9.72 Å². The van der Waals surface area contributed by atoms with Gasteiger partial charge in [0.25, 0.3) is 5.91 Å². The van der Waals surface area contributed by atoms with Crippen LogP contribution in [0.15, 0.2) is 36.1 Å². The van der Waals surface area contributed by atoms with Crippen molar-refractivity contribution >= 4 is 22.9 Å². The molecular formula is C20H25N5O2S. The van der Waals surface area contributed by atoms with E-state index in [2.05, 4.69) is 15.3 Å². The number of pyridine rings is 1. The summed E-state index contributed by atoms with van der Waals surface area (Å²) in [5.74, 6) is 0.0855. The third-order valence-corrected chi connectivity index (χ3v) is 6.22. The number of hydrogen-bond acceptors (Lipinski definition) is 6. The molecular weight excluding hydrogens is 374 g/mol. The van der Waals surface area contributed by atoms with E-state index in [1.54, 1.807) is 24.6 Å². The maximum absolute atomic E-state index is 12.9. The van der Waals surface area contributed by atoms with Crippen LogP contribution in [-0.2, 0) is 11.3 Å². The lowest BCUT2D eigenvalue weighted by Crippen LogP contribution is -2.35. The second-order valence-corrected chi connectivity index (χ2v) is 7.98. The number of fused-ring (bicyclic) bond motifs is 1. The molecule has 1 aliphatic rings. The van der Waals surface area contributed by atoms with Gasteiger partial charge < -0.3 is 14.0 Å². The molecule has 1 amide bonds. The molecule has 1 saturated heterocycles. The van der Waals surface area contributed by atoms with Gasteiger partial charge in [0.1, 0.15) is 16.8 Å². The van der Waals surface area contributed by atoms with E-state index >= 15 is 0 Å². The van der Waals surface area contributed by atoms with E-state index in [1.165, 1.54) is 0 Å². The van der Waals surface area contributed by atoms with Crippen LogP contribution < -0.4 is 0 Å². The fourth-order valence-corrected chi connectivity index (χ4v) is 4.31. The first kappa shape index (κ1) is 19.0. The van der Waals surface area contributed by atoms with Crippen LogP contribution in [0.4, 0.5) is 0 Å². The quantitative estimate of drug-likeness (QED) is 0.660. The summed E-state index contributed by atoms with van der Waals surface area (Å²) < 4.78 is 7.24. The normalized spacial score (nSPS) is 17.0. The van der Waals surface area contributed by atoms with Crippen LogP contribution >= 0.6 is 11.3 Å². The zero-order valence-corrected chi connectivity index (χ0v) is 17.1. The highest BCUT2D eigenvalue weighted by Gasteiger charge is 2.21. The molecule has 1 unspecified atom stereocenters. The minimum Gasteiger partial charge on any atom is -0.375 e. The summed E-state index contributed by atoms with van der Waals surface area (Å²) in [5.41, 5.74) is 2.63. The molecule has 4 heterocycles. The average molecular weight is 400 g/mol. The number of carbonyl (C=O) groups is 1. The van der Waals surface area contributed by atoms with Crippen molar-refractivity contribution in [2.45, 2.75) is 26.0 Å². The van der Waals surface area contributed by atoms with Crippen molar-refractivity contribution in [2.24, 2.45) is 0 Å². The van der Waals surface area contributed by atoms with Crippen molar-refractivity contribution < 1.29 is 9.53 Å². The van der Waals surface area contributed by atoms with Gasteiger partial charge in [-0.1, -0.05) is 0 Å². The van der Waals surface area contributed by atoms with Crippen molar-refractivity contribution in [3.8, 4) is 0 Å². The lowest BCUT2D eigenvalue weighted by atomic mass is 10.2. The highest BCUT2D eigenvalue weighted by Crippen LogP contribution is 2.21. The summed E-state index contributed by atoms with van der Waals surface area (Å²) in [6.07, 6.45) is 6.46. The predicted molar refractivity (Wildman–Crippen MR) is 109 cm³/mol. The first-order valence-corrected chi connectivity index (χ1v) is 10.4. The average Bonchev–Trinajstić information content (AvgIpc) is 3.31. The van der Waals surface area contributed by atoms with E-state index < -0.39 is 0 Å². The molecule has 1 aliphatic heterocycles. The topological polar surface area (TPSA) is 63.0 Å². The largest absolute Gasteiger partial charge is 0.375 e. The third-order valence-electron chi connectivity index (χ3n) is 5.17. The molecule has 28 heavy (non-hydrogen) atoms. The summed E-state index contributed by atoms with van der Waals surface area (Å²) in [4.78, 5) is 26.2. The molecule has 0 spiro atoms. The van der Waals surface area contributed by atoms with E-state index in [0.717, 1.165) is 55.5 Å². The molecule has 1 atom stereocenters. The first-order valence-electron chi connectivity index (χ1n) is 9.55. The van der Waals surface area contributed by atoms with Crippen molar-refractivity contribution in [3.05, 3.63) is 52.4 Å². The molecule has 3 aromatic rings. The summed E-state index contributed by atoms with van der Waals surface area (Å²) in [6.45, 7) is 6.16. The SMILES string of the molecule is COC(C)c1nc(CN2CCCN(C(=O)c3ccc4nccn4c3)CC2)cs1. The number of aromatic nitrogens is 3. The monoisotopic (exact) mass is 399 g/mol. The number of rotatable bonds is 5. The Morgan fingerprint density at radius 2 is 2.18 bits per heavy atom. The standard InChI is InChI=1S/C20H25N5O2S/c1-15(27-2)19-22-17(14-28-19)13-23-7-3-8-24(11-10-23)20(26)16-4-5-18-21-6-9-25(18)12-16/h4-6,9,12,14-15H,3,7-8,10-11,13H2,1-2H3. The Morgan fingerprint density at radius 3 is 3.04 bits per heavy atom. The fraction of sp³-hybridized carbons (Fsp3) is 0.450. The maximum Gasteiger partial charge on any atom is 0.255 e. The lowest BCUT2D eigenvalue weighted by Gasteiger charge is -2.21. The van der Waals surface area contributed by atoms with E-state index in [9.17, 15) is 4.79 Å². The Morgan fingerprint density at radius 1 is 1.29 bits per heavy atom. The zero-order valence-electron chi connectivity index (χ0n) is 16.2. The maximum atomic E-state index is 12.9. The van der Waals surface area contributed by atoms with E-state index in [-0.39, 0.29) is 12.0 Å². The fourth-order valence-electron chi connectivity index (χ4n) is 3.47. The number of hydrogen-bond donors (Lipinski definition) is 0. The molecule has 0 N–H and O–H groups in total. The molecule has 8 heteroatoms. The van der Waals surface area contributed by atoms with Gasteiger partial charge >= 0.3 is 0 Å². The van der Waals surface area contributed by atoms with Crippen molar-refractivity contribution in [1.29, 1.82) is 0 Å². The van der Waals surface area contributed by atoms with Crippen LogP contribution in [0.25, 0.3) is 5.65 Å². The second kappa shape index (κ2) is 8.38. The van der Waals surface area contributed by atoms with Crippen molar-refractivity contribution in [1.82, 2.24) is 24.2 Å². The van der Waals surface area contributed by atoms with Crippen LogP contribution in [0.2, 0.25) is 0 Å². The molecule has 0 radical (unpaired) electrons. The van der Waals surface area contributed by atoms with Crippen LogP contribution in [0.5, 0.6) is 0 Å². The van der Waals surface area contributed by atoms with Crippen molar-refractivity contribution in [3.63, 3.8) is 0 Å². The summed E-state index contributed by atoms with van der Waals surface area (Å²) in [5, 5.41) is 3.12. The Kier molecular flexibility index (Phi) is 5.70. The number of amides is 1. The minimum atomic E-state index is 0.0313. The molecule has 148 valence electrons. The smallest absolute Gasteiger partial charge is 0.255 e. The Bertz CT molecular complexity index is 953. The second-order valence-electron chi connectivity index (χ2n) is 7.09. The van der Waals surface area contributed by atoms with E-state index in [0.29, 0.717) is 5.56 Å². The van der Waals surface area contributed by atoms with Crippen LogP contribution in [0.3, 0.4) is 0 Å². The molecule has 0 aliphatic carbocycles. The first-order chi connectivity index (χ1) is 13.6. The summed E-state index contributed by atoms with van der Waals surface area (Å²) in [7, 11) is 1.71. The van der Waals surface area contributed by atoms with Gasteiger partial charge in [-0.15, -0.1) is 11.3 Å². The summed E-state index contributed by atoms with van der Waals surface area (Å²) in [6, 6.07) is 3.75. The highest BCUT2D eigenvalue weighted by molar-refractivity contribution is 7.09. The highest BCUT2D eigenvalue weighted by atomic mass is 32.1. The van der Waals surface area contributed by atoms with Gasteiger partial charge in [0.05, 0.1) is 11.3 Å². The Balaban J connectivity index is 1.37. The Hall–Kier alpha value is -2.29.